The minimum Gasteiger partial charge on any atom is -0.480 e. The average Bonchev–Trinajstić information content (AvgIpc) is 2.79. The molecule has 1 N–H and O–H groups in total. The van der Waals surface area contributed by atoms with E-state index < -0.39 is 12.0 Å². The van der Waals surface area contributed by atoms with E-state index in [2.05, 4.69) is 4.90 Å². The highest BCUT2D eigenvalue weighted by Crippen LogP contribution is 2.36. The van der Waals surface area contributed by atoms with Gasteiger partial charge in [0.1, 0.15) is 6.04 Å². The number of ether oxygens (including phenoxy) is 1. The summed E-state index contributed by atoms with van der Waals surface area (Å²) in [6, 6.07) is 7.91. The van der Waals surface area contributed by atoms with Crippen molar-refractivity contribution >= 4 is 11.7 Å². The summed E-state index contributed by atoms with van der Waals surface area (Å²) in [6.45, 7) is 1.46. The summed E-state index contributed by atoms with van der Waals surface area (Å²) in [7, 11) is 0. The number of nitrogens with zero attached hydrogens (tertiary/aromatic N) is 1. The van der Waals surface area contributed by atoms with Crippen LogP contribution in [0.5, 0.6) is 0 Å². The number of fused-ring (bicyclic) bond motifs is 1. The summed E-state index contributed by atoms with van der Waals surface area (Å²) in [5.41, 5.74) is 2.24. The van der Waals surface area contributed by atoms with E-state index in [0.717, 1.165) is 37.3 Å². The van der Waals surface area contributed by atoms with Crippen LogP contribution < -0.4 is 4.90 Å². The zero-order valence-electron chi connectivity index (χ0n) is 10.2. The van der Waals surface area contributed by atoms with Gasteiger partial charge in [0.2, 0.25) is 0 Å². The molecule has 0 amide bonds. The fraction of sp³-hybridized carbons (Fsp3) is 0.500. The van der Waals surface area contributed by atoms with Gasteiger partial charge in [-0.05, 0) is 24.5 Å². The molecule has 1 unspecified atom stereocenters. The lowest BCUT2D eigenvalue weighted by atomic mass is 10.1. The fourth-order valence-corrected chi connectivity index (χ4v) is 3.03. The number of hydrogen-bond acceptors (Lipinski definition) is 3. The van der Waals surface area contributed by atoms with E-state index in [4.69, 9.17) is 4.74 Å². The highest BCUT2D eigenvalue weighted by atomic mass is 16.5. The van der Waals surface area contributed by atoms with Crippen molar-refractivity contribution in [3.8, 4) is 0 Å². The maximum atomic E-state index is 11.5. The Hall–Kier alpha value is -1.55. The topological polar surface area (TPSA) is 49.8 Å². The standard InChI is InChI=1S/C14H17NO3/c16-14(17)13-9-10-3-1-2-4-12(10)15(13)11-5-7-18-8-6-11/h1-4,11,13H,5-9H2,(H,16,17). The van der Waals surface area contributed by atoms with Gasteiger partial charge in [0.05, 0.1) is 0 Å². The Kier molecular flexibility index (Phi) is 2.96. The Morgan fingerprint density at radius 1 is 1.28 bits per heavy atom. The maximum Gasteiger partial charge on any atom is 0.326 e. The van der Waals surface area contributed by atoms with E-state index in [1.807, 2.05) is 24.3 Å². The van der Waals surface area contributed by atoms with Gasteiger partial charge in [-0.2, -0.15) is 0 Å². The van der Waals surface area contributed by atoms with Crippen molar-refractivity contribution in [2.75, 3.05) is 18.1 Å². The lowest BCUT2D eigenvalue weighted by molar-refractivity contribution is -0.138. The molecule has 4 nitrogen and oxygen atoms in total. The van der Waals surface area contributed by atoms with Gasteiger partial charge in [-0.15, -0.1) is 0 Å². The van der Waals surface area contributed by atoms with E-state index in [-0.39, 0.29) is 0 Å². The minimum atomic E-state index is -0.724. The van der Waals surface area contributed by atoms with Crippen molar-refractivity contribution < 1.29 is 14.6 Å². The Bertz CT molecular complexity index is 454. The van der Waals surface area contributed by atoms with Crippen LogP contribution in [0.4, 0.5) is 5.69 Å². The monoisotopic (exact) mass is 247 g/mol. The Balaban J connectivity index is 1.94. The Morgan fingerprint density at radius 3 is 2.72 bits per heavy atom. The predicted octanol–water partition coefficient (Wildman–Crippen LogP) is 1.68. The summed E-state index contributed by atoms with van der Waals surface area (Å²) in [4.78, 5) is 13.5. The molecule has 1 atom stereocenters. The molecule has 1 aromatic rings. The van der Waals surface area contributed by atoms with E-state index >= 15 is 0 Å². The molecule has 2 aliphatic rings. The largest absolute Gasteiger partial charge is 0.480 e. The van der Waals surface area contributed by atoms with E-state index in [0.29, 0.717) is 12.5 Å². The van der Waals surface area contributed by atoms with Gasteiger partial charge in [-0.3, -0.25) is 0 Å². The molecule has 0 radical (unpaired) electrons. The highest BCUT2D eigenvalue weighted by Gasteiger charge is 2.38. The van der Waals surface area contributed by atoms with Crippen LogP contribution in [0.2, 0.25) is 0 Å². The van der Waals surface area contributed by atoms with Crippen LogP contribution >= 0.6 is 0 Å². The summed E-state index contributed by atoms with van der Waals surface area (Å²) in [5.74, 6) is -0.724. The fourth-order valence-electron chi connectivity index (χ4n) is 3.03. The van der Waals surface area contributed by atoms with Crippen molar-refractivity contribution in [3.05, 3.63) is 29.8 Å². The van der Waals surface area contributed by atoms with Crippen LogP contribution in [-0.4, -0.2) is 36.4 Å². The van der Waals surface area contributed by atoms with Crippen LogP contribution in [0.1, 0.15) is 18.4 Å². The molecule has 2 heterocycles. The number of aliphatic carboxylic acids is 1. The van der Waals surface area contributed by atoms with Crippen molar-refractivity contribution in [2.45, 2.75) is 31.3 Å². The summed E-state index contributed by atoms with van der Waals surface area (Å²) in [5, 5.41) is 9.41. The number of carboxylic acids is 1. The summed E-state index contributed by atoms with van der Waals surface area (Å²) < 4.78 is 5.37. The molecule has 0 saturated carbocycles. The zero-order chi connectivity index (χ0) is 12.5. The first-order valence-corrected chi connectivity index (χ1v) is 6.44. The predicted molar refractivity (Wildman–Crippen MR) is 67.9 cm³/mol. The molecule has 1 aromatic carbocycles. The highest BCUT2D eigenvalue weighted by molar-refractivity contribution is 5.82. The molecule has 1 saturated heterocycles. The lowest BCUT2D eigenvalue weighted by Crippen LogP contribution is -2.47. The molecule has 4 heteroatoms. The molecule has 96 valence electrons. The number of carboxylic acid groups (broad SMARTS) is 1. The zero-order valence-corrected chi connectivity index (χ0v) is 10.2. The van der Waals surface area contributed by atoms with Crippen LogP contribution in [0, 0.1) is 0 Å². The van der Waals surface area contributed by atoms with E-state index in [1.54, 1.807) is 0 Å². The van der Waals surface area contributed by atoms with Gasteiger partial charge < -0.3 is 14.7 Å². The van der Waals surface area contributed by atoms with Crippen LogP contribution in [0.3, 0.4) is 0 Å². The lowest BCUT2D eigenvalue weighted by Gasteiger charge is -2.36. The van der Waals surface area contributed by atoms with Gasteiger partial charge in [-0.25, -0.2) is 4.79 Å². The Labute approximate surface area is 106 Å². The van der Waals surface area contributed by atoms with Gasteiger partial charge >= 0.3 is 5.97 Å². The SMILES string of the molecule is O=C(O)C1Cc2ccccc2N1C1CCOCC1. The van der Waals surface area contributed by atoms with Crippen molar-refractivity contribution in [2.24, 2.45) is 0 Å². The molecule has 0 aromatic heterocycles. The number of carbonyl (C=O) groups is 1. The molecular weight excluding hydrogens is 230 g/mol. The first-order chi connectivity index (χ1) is 8.77. The van der Waals surface area contributed by atoms with Gasteiger partial charge in [-0.1, -0.05) is 18.2 Å². The number of anilines is 1. The summed E-state index contributed by atoms with van der Waals surface area (Å²) >= 11 is 0. The normalized spacial score (nSPS) is 24.0. The minimum absolute atomic E-state index is 0.295. The first kappa shape index (κ1) is 11.5. The third kappa shape index (κ3) is 1.86. The molecule has 1 fully saturated rings. The second-order valence-electron chi connectivity index (χ2n) is 4.94. The second-order valence-corrected chi connectivity index (χ2v) is 4.94. The van der Waals surface area contributed by atoms with Crippen LogP contribution in [0.25, 0.3) is 0 Å². The van der Waals surface area contributed by atoms with Gasteiger partial charge in [0.25, 0.3) is 0 Å². The van der Waals surface area contributed by atoms with Crippen molar-refractivity contribution in [1.29, 1.82) is 0 Å². The smallest absolute Gasteiger partial charge is 0.326 e. The molecular formula is C14H17NO3. The molecule has 18 heavy (non-hydrogen) atoms. The summed E-state index contributed by atoms with van der Waals surface area (Å²) in [6.07, 6.45) is 2.44. The number of benzene rings is 1. The van der Waals surface area contributed by atoms with Crippen LogP contribution in [-0.2, 0) is 16.0 Å². The Morgan fingerprint density at radius 2 is 2.00 bits per heavy atom. The third-order valence-electron chi connectivity index (χ3n) is 3.89. The van der Waals surface area contributed by atoms with E-state index in [9.17, 15) is 9.90 Å². The number of para-hydroxylation sites is 1. The van der Waals surface area contributed by atoms with Crippen LogP contribution in [0.15, 0.2) is 24.3 Å². The van der Waals surface area contributed by atoms with E-state index in [1.165, 1.54) is 0 Å². The molecule has 0 bridgehead atoms. The van der Waals surface area contributed by atoms with Crippen molar-refractivity contribution in [1.82, 2.24) is 0 Å². The third-order valence-corrected chi connectivity index (χ3v) is 3.89. The second kappa shape index (κ2) is 4.61. The molecule has 0 aliphatic carbocycles. The maximum absolute atomic E-state index is 11.5. The number of hydrogen-bond donors (Lipinski definition) is 1. The first-order valence-electron chi connectivity index (χ1n) is 6.44. The number of rotatable bonds is 2. The van der Waals surface area contributed by atoms with Crippen molar-refractivity contribution in [3.63, 3.8) is 0 Å². The molecule has 0 spiro atoms. The van der Waals surface area contributed by atoms with Gasteiger partial charge in [0, 0.05) is 31.4 Å². The molecule has 2 aliphatic heterocycles. The van der Waals surface area contributed by atoms with Gasteiger partial charge in [0.15, 0.2) is 0 Å². The average molecular weight is 247 g/mol. The molecule has 3 rings (SSSR count). The quantitative estimate of drug-likeness (QED) is 0.864.